The van der Waals surface area contributed by atoms with Gasteiger partial charge in [-0.05, 0) is 38.0 Å². The molecule has 0 saturated heterocycles. The summed E-state index contributed by atoms with van der Waals surface area (Å²) in [6, 6.07) is 5.28. The molecule has 1 aliphatic heterocycles. The number of nitrogens with zero attached hydrogens (tertiary/aromatic N) is 3. The number of hydrogen-bond acceptors (Lipinski definition) is 7. The van der Waals surface area contributed by atoms with E-state index in [9.17, 15) is 4.79 Å². The van der Waals surface area contributed by atoms with Crippen LogP contribution in [0.3, 0.4) is 0 Å². The molecule has 144 valence electrons. The number of ketones is 1. The first-order chi connectivity index (χ1) is 13.0. The number of anilines is 1. The van der Waals surface area contributed by atoms with Gasteiger partial charge in [0.05, 0.1) is 14.2 Å². The van der Waals surface area contributed by atoms with Gasteiger partial charge < -0.3 is 14.8 Å². The van der Waals surface area contributed by atoms with Crippen LogP contribution in [-0.4, -0.2) is 40.5 Å². The average Bonchev–Trinajstić information content (AvgIpc) is 3.06. The van der Waals surface area contributed by atoms with Crippen LogP contribution in [0.15, 0.2) is 34.6 Å². The minimum absolute atomic E-state index is 0.0105. The van der Waals surface area contributed by atoms with Gasteiger partial charge in [0.2, 0.25) is 11.1 Å². The van der Waals surface area contributed by atoms with E-state index in [1.54, 1.807) is 37.6 Å². The molecule has 0 amide bonds. The third-order valence-corrected chi connectivity index (χ3v) is 5.41. The molecule has 1 N–H and O–H groups in total. The van der Waals surface area contributed by atoms with Gasteiger partial charge in [0.15, 0.2) is 17.3 Å². The Morgan fingerprint density at radius 3 is 2.67 bits per heavy atom. The normalized spacial score (nSPS) is 16.0. The molecule has 3 rings (SSSR count). The molecule has 0 spiro atoms. The molecule has 0 fully saturated rings. The zero-order valence-corrected chi connectivity index (χ0v) is 17.0. The van der Waals surface area contributed by atoms with Gasteiger partial charge in [-0.15, -0.1) is 5.10 Å². The number of Topliss-reactive ketones (excluding diaryl/α,β-unsaturated/α-hetero) is 1. The van der Waals surface area contributed by atoms with Gasteiger partial charge in [-0.25, -0.2) is 4.68 Å². The van der Waals surface area contributed by atoms with Crippen LogP contribution >= 0.6 is 11.8 Å². The molecular formula is C19H24N4O3S. The number of fused-ring (bicyclic) bond motifs is 1. The molecule has 0 bridgehead atoms. The molecule has 2 heterocycles. The number of aromatic nitrogens is 3. The van der Waals surface area contributed by atoms with E-state index in [0.717, 1.165) is 23.4 Å². The van der Waals surface area contributed by atoms with Gasteiger partial charge in [0.25, 0.3) is 0 Å². The summed E-state index contributed by atoms with van der Waals surface area (Å²) in [5, 5.41) is 8.57. The fourth-order valence-corrected chi connectivity index (χ4v) is 3.86. The van der Waals surface area contributed by atoms with E-state index < -0.39 is 0 Å². The number of hydrogen-bond donors (Lipinski definition) is 1. The largest absolute Gasteiger partial charge is 0.493 e. The molecule has 2 aromatic rings. The number of carbonyl (C=O) groups excluding carboxylic acids is 1. The second kappa shape index (κ2) is 8.04. The number of allylic oxidation sites excluding steroid dienone is 2. The molecule has 1 aliphatic rings. The Bertz CT molecular complexity index is 891. The van der Waals surface area contributed by atoms with E-state index in [-0.39, 0.29) is 11.8 Å². The van der Waals surface area contributed by atoms with E-state index in [4.69, 9.17) is 9.47 Å². The summed E-state index contributed by atoms with van der Waals surface area (Å²) >= 11 is 1.60. The van der Waals surface area contributed by atoms with Gasteiger partial charge in [0, 0.05) is 17.0 Å². The highest BCUT2D eigenvalue weighted by molar-refractivity contribution is 7.99. The number of nitrogens with one attached hydrogen (secondary N) is 1. The summed E-state index contributed by atoms with van der Waals surface area (Å²) in [6.07, 6.45) is 1.04. The number of benzene rings is 1. The van der Waals surface area contributed by atoms with Gasteiger partial charge >= 0.3 is 0 Å². The van der Waals surface area contributed by atoms with Crippen molar-refractivity contribution in [3.05, 3.63) is 35.0 Å². The third-order valence-electron chi connectivity index (χ3n) is 4.37. The van der Waals surface area contributed by atoms with E-state index in [1.807, 2.05) is 25.1 Å². The van der Waals surface area contributed by atoms with Crippen molar-refractivity contribution in [2.75, 3.05) is 25.3 Å². The van der Waals surface area contributed by atoms with Crippen molar-refractivity contribution in [2.24, 2.45) is 0 Å². The first-order valence-electron chi connectivity index (χ1n) is 8.80. The lowest BCUT2D eigenvalue weighted by molar-refractivity contribution is -0.114. The molecule has 1 atom stereocenters. The molecule has 1 aromatic carbocycles. The summed E-state index contributed by atoms with van der Waals surface area (Å²) in [5.41, 5.74) is 2.33. The maximum Gasteiger partial charge on any atom is 0.227 e. The molecule has 0 radical (unpaired) electrons. The SMILES string of the molecule is CCCSc1nc2n(n1)C(c1ccc(OC)c(OC)c1)C(C(C)=O)=C(C)N2. The number of rotatable bonds is 7. The molecule has 27 heavy (non-hydrogen) atoms. The zero-order valence-electron chi connectivity index (χ0n) is 16.2. The summed E-state index contributed by atoms with van der Waals surface area (Å²) < 4.78 is 12.6. The van der Waals surface area contributed by atoms with E-state index in [1.165, 1.54) is 0 Å². The van der Waals surface area contributed by atoms with Crippen molar-refractivity contribution in [3.8, 4) is 11.5 Å². The molecule has 1 unspecified atom stereocenters. The number of carbonyl (C=O) groups is 1. The lowest BCUT2D eigenvalue weighted by Gasteiger charge is -2.28. The number of methoxy groups -OCH3 is 2. The van der Waals surface area contributed by atoms with Crippen molar-refractivity contribution >= 4 is 23.5 Å². The minimum Gasteiger partial charge on any atom is -0.493 e. The summed E-state index contributed by atoms with van der Waals surface area (Å²) in [4.78, 5) is 17.0. The topological polar surface area (TPSA) is 78.3 Å². The van der Waals surface area contributed by atoms with Crippen molar-refractivity contribution < 1.29 is 14.3 Å². The molecular weight excluding hydrogens is 364 g/mol. The van der Waals surface area contributed by atoms with Crippen molar-refractivity contribution in [1.82, 2.24) is 14.8 Å². The van der Waals surface area contributed by atoms with Crippen LogP contribution in [0.25, 0.3) is 0 Å². The summed E-state index contributed by atoms with van der Waals surface area (Å²) in [7, 11) is 3.19. The monoisotopic (exact) mass is 388 g/mol. The average molecular weight is 388 g/mol. The Hall–Kier alpha value is -2.48. The van der Waals surface area contributed by atoms with Gasteiger partial charge in [-0.3, -0.25) is 4.79 Å². The Labute approximate surface area is 163 Å². The summed E-state index contributed by atoms with van der Waals surface area (Å²) in [6.45, 7) is 5.58. The van der Waals surface area contributed by atoms with E-state index in [2.05, 4.69) is 22.3 Å². The van der Waals surface area contributed by atoms with Crippen LogP contribution in [-0.2, 0) is 4.79 Å². The second-order valence-electron chi connectivity index (χ2n) is 6.25. The lowest BCUT2D eigenvalue weighted by atomic mass is 9.93. The summed E-state index contributed by atoms with van der Waals surface area (Å²) in [5.74, 6) is 2.81. The minimum atomic E-state index is -0.373. The van der Waals surface area contributed by atoms with Crippen molar-refractivity contribution in [2.45, 2.75) is 38.4 Å². The predicted octanol–water partition coefficient (Wildman–Crippen LogP) is 3.68. The quantitative estimate of drug-likeness (QED) is 0.725. The van der Waals surface area contributed by atoms with Crippen molar-refractivity contribution in [1.29, 1.82) is 0 Å². The third kappa shape index (κ3) is 3.66. The highest BCUT2D eigenvalue weighted by atomic mass is 32.2. The molecule has 7 nitrogen and oxygen atoms in total. The van der Waals surface area contributed by atoms with Crippen LogP contribution in [0.5, 0.6) is 11.5 Å². The first kappa shape index (κ1) is 19.3. The Kier molecular flexibility index (Phi) is 5.74. The van der Waals surface area contributed by atoms with Gasteiger partial charge in [-0.1, -0.05) is 24.8 Å². The van der Waals surface area contributed by atoms with Gasteiger partial charge in [-0.2, -0.15) is 4.98 Å². The van der Waals surface area contributed by atoms with Gasteiger partial charge in [0.1, 0.15) is 6.04 Å². The van der Waals surface area contributed by atoms with Crippen LogP contribution in [0.4, 0.5) is 5.95 Å². The molecule has 1 aromatic heterocycles. The zero-order chi connectivity index (χ0) is 19.6. The highest BCUT2D eigenvalue weighted by Crippen LogP contribution is 2.39. The Morgan fingerprint density at radius 2 is 2.04 bits per heavy atom. The van der Waals surface area contributed by atoms with Crippen LogP contribution in [0.2, 0.25) is 0 Å². The Balaban J connectivity index is 2.13. The van der Waals surface area contributed by atoms with E-state index >= 15 is 0 Å². The molecule has 0 aliphatic carbocycles. The molecule has 8 heteroatoms. The van der Waals surface area contributed by atoms with Crippen LogP contribution in [0, 0.1) is 0 Å². The smallest absolute Gasteiger partial charge is 0.227 e. The predicted molar refractivity (Wildman–Crippen MR) is 106 cm³/mol. The van der Waals surface area contributed by atoms with Crippen LogP contribution in [0.1, 0.15) is 38.8 Å². The van der Waals surface area contributed by atoms with Crippen molar-refractivity contribution in [3.63, 3.8) is 0 Å². The number of ether oxygens (including phenoxy) is 2. The standard InChI is InChI=1S/C19H24N4O3S/c1-6-9-27-19-21-18-20-11(2)16(12(3)24)17(23(18)22-19)13-7-8-14(25-4)15(10-13)26-5/h7-8,10,17H,6,9H2,1-5H3,(H,20,21,22). The fourth-order valence-electron chi connectivity index (χ4n) is 3.17. The highest BCUT2D eigenvalue weighted by Gasteiger charge is 2.33. The lowest BCUT2D eigenvalue weighted by Crippen LogP contribution is -2.27. The van der Waals surface area contributed by atoms with Crippen LogP contribution < -0.4 is 14.8 Å². The maximum atomic E-state index is 12.4. The Morgan fingerprint density at radius 1 is 1.30 bits per heavy atom. The maximum absolute atomic E-state index is 12.4. The first-order valence-corrected chi connectivity index (χ1v) is 9.78. The number of thioether (sulfide) groups is 1. The second-order valence-corrected chi connectivity index (χ2v) is 7.31. The molecule has 0 saturated carbocycles. The van der Waals surface area contributed by atoms with E-state index in [0.29, 0.717) is 28.2 Å². The fraction of sp³-hybridized carbons (Fsp3) is 0.421.